The highest BCUT2D eigenvalue weighted by Crippen LogP contribution is 2.57. The number of benzene rings is 2. The molecule has 1 saturated heterocycles. The molecule has 2 aromatic rings. The zero-order chi connectivity index (χ0) is 28.2. The highest BCUT2D eigenvalue weighted by molar-refractivity contribution is 5.79. The number of rotatable bonds is 7. The van der Waals surface area contributed by atoms with E-state index in [-0.39, 0.29) is 49.6 Å². The van der Waals surface area contributed by atoms with Gasteiger partial charge in [0, 0.05) is 25.4 Å². The average molecular weight is 547 g/mol. The second-order valence-electron chi connectivity index (χ2n) is 12.8. The molecule has 2 amide bonds. The van der Waals surface area contributed by atoms with Crippen LogP contribution in [0.5, 0.6) is 0 Å². The summed E-state index contributed by atoms with van der Waals surface area (Å²) < 4.78 is 11.8. The van der Waals surface area contributed by atoms with E-state index >= 15 is 0 Å². The molecule has 212 valence electrons. The SMILES string of the molecule is CC(C)(C)OC(=O)N1CC2CC3CC2C1C3N(CCCC(=O)O)C(=O)OCC1c2ccccc2-c2ccccc21. The van der Waals surface area contributed by atoms with Crippen LogP contribution in [0.1, 0.15) is 63.5 Å². The predicted molar refractivity (Wildman–Crippen MR) is 149 cm³/mol. The van der Waals surface area contributed by atoms with Crippen molar-refractivity contribution in [2.75, 3.05) is 19.7 Å². The van der Waals surface area contributed by atoms with Crippen molar-refractivity contribution in [3.63, 3.8) is 0 Å². The number of carboxylic acids is 1. The van der Waals surface area contributed by atoms with Crippen LogP contribution in [-0.4, -0.2) is 70.4 Å². The van der Waals surface area contributed by atoms with E-state index < -0.39 is 17.7 Å². The molecular weight excluding hydrogens is 508 g/mol. The number of carboxylic acid groups (broad SMARTS) is 1. The Balaban J connectivity index is 1.24. The molecule has 1 N–H and O–H groups in total. The Labute approximate surface area is 235 Å². The number of nitrogens with zero attached hydrogens (tertiary/aromatic N) is 2. The van der Waals surface area contributed by atoms with Gasteiger partial charge in [0.15, 0.2) is 0 Å². The number of fused-ring (bicyclic) bond motifs is 4. The summed E-state index contributed by atoms with van der Waals surface area (Å²) in [5.74, 6) is 0.0499. The van der Waals surface area contributed by atoms with Gasteiger partial charge in [-0.2, -0.15) is 0 Å². The quantitative estimate of drug-likeness (QED) is 0.475. The Morgan fingerprint density at radius 3 is 2.25 bits per heavy atom. The molecule has 6 rings (SSSR count). The van der Waals surface area contributed by atoms with Crippen molar-refractivity contribution < 1.29 is 29.0 Å². The van der Waals surface area contributed by atoms with Gasteiger partial charge in [-0.05, 0) is 80.0 Å². The molecule has 2 saturated carbocycles. The van der Waals surface area contributed by atoms with Gasteiger partial charge >= 0.3 is 18.2 Å². The van der Waals surface area contributed by atoms with Crippen LogP contribution in [0.4, 0.5) is 9.59 Å². The van der Waals surface area contributed by atoms with E-state index in [1.54, 1.807) is 4.90 Å². The molecule has 1 aliphatic heterocycles. The minimum atomic E-state index is -0.892. The van der Waals surface area contributed by atoms with Crippen molar-refractivity contribution in [3.05, 3.63) is 59.7 Å². The van der Waals surface area contributed by atoms with Crippen molar-refractivity contribution in [2.45, 2.75) is 70.1 Å². The summed E-state index contributed by atoms with van der Waals surface area (Å²) in [4.78, 5) is 42.0. The summed E-state index contributed by atoms with van der Waals surface area (Å²) in [7, 11) is 0. The summed E-state index contributed by atoms with van der Waals surface area (Å²) in [6.07, 6.45) is 1.45. The van der Waals surface area contributed by atoms with Gasteiger partial charge in [-0.3, -0.25) is 4.79 Å². The number of ether oxygens (including phenoxy) is 2. The Morgan fingerprint density at radius 1 is 0.975 bits per heavy atom. The van der Waals surface area contributed by atoms with Gasteiger partial charge in [0.05, 0.1) is 12.1 Å². The first kappa shape index (κ1) is 26.7. The normalized spacial score (nSPS) is 26.0. The summed E-state index contributed by atoms with van der Waals surface area (Å²) in [6, 6.07) is 16.1. The maximum absolute atomic E-state index is 13.9. The molecule has 3 fully saturated rings. The number of carbonyl (C=O) groups is 3. The molecule has 1 heterocycles. The molecule has 8 heteroatoms. The van der Waals surface area contributed by atoms with E-state index in [1.165, 1.54) is 0 Å². The average Bonchev–Trinajstić information content (AvgIpc) is 3.61. The van der Waals surface area contributed by atoms with Crippen molar-refractivity contribution in [2.24, 2.45) is 17.8 Å². The van der Waals surface area contributed by atoms with E-state index in [4.69, 9.17) is 9.47 Å². The second kappa shape index (κ2) is 10.1. The molecule has 0 radical (unpaired) electrons. The highest BCUT2D eigenvalue weighted by atomic mass is 16.6. The molecule has 0 spiro atoms. The number of aliphatic carboxylic acids is 1. The third kappa shape index (κ3) is 4.71. The topological polar surface area (TPSA) is 96.4 Å². The fourth-order valence-electron chi connectivity index (χ4n) is 7.83. The second-order valence-corrected chi connectivity index (χ2v) is 12.8. The molecule has 3 aliphatic carbocycles. The lowest BCUT2D eigenvalue weighted by Crippen LogP contribution is -2.55. The molecule has 40 heavy (non-hydrogen) atoms. The van der Waals surface area contributed by atoms with Crippen LogP contribution in [-0.2, 0) is 14.3 Å². The first-order valence-electron chi connectivity index (χ1n) is 14.5. The van der Waals surface area contributed by atoms with Crippen LogP contribution in [0.2, 0.25) is 0 Å². The Bertz CT molecular complexity index is 1270. The van der Waals surface area contributed by atoms with Gasteiger partial charge in [0.2, 0.25) is 0 Å². The number of carbonyl (C=O) groups excluding carboxylic acids is 2. The smallest absolute Gasteiger partial charge is 0.410 e. The van der Waals surface area contributed by atoms with Crippen molar-refractivity contribution in [3.8, 4) is 11.1 Å². The van der Waals surface area contributed by atoms with Crippen molar-refractivity contribution in [1.82, 2.24) is 9.80 Å². The minimum absolute atomic E-state index is 0.0307. The minimum Gasteiger partial charge on any atom is -0.481 e. The van der Waals surface area contributed by atoms with Gasteiger partial charge < -0.3 is 24.4 Å². The number of hydrogen-bond donors (Lipinski definition) is 1. The molecule has 2 aromatic carbocycles. The largest absolute Gasteiger partial charge is 0.481 e. The van der Waals surface area contributed by atoms with E-state index in [0.29, 0.717) is 24.8 Å². The Kier molecular flexibility index (Phi) is 6.75. The van der Waals surface area contributed by atoms with E-state index in [2.05, 4.69) is 24.3 Å². The monoisotopic (exact) mass is 546 g/mol. The Morgan fingerprint density at radius 2 is 1.62 bits per heavy atom. The maximum atomic E-state index is 13.9. The van der Waals surface area contributed by atoms with Crippen LogP contribution in [0.25, 0.3) is 11.1 Å². The zero-order valence-electron chi connectivity index (χ0n) is 23.4. The van der Waals surface area contributed by atoms with Gasteiger partial charge in [0.1, 0.15) is 12.2 Å². The van der Waals surface area contributed by atoms with Crippen LogP contribution in [0.15, 0.2) is 48.5 Å². The lowest BCUT2D eigenvalue weighted by molar-refractivity contribution is -0.137. The molecule has 2 bridgehead atoms. The van der Waals surface area contributed by atoms with E-state index in [9.17, 15) is 19.5 Å². The van der Waals surface area contributed by atoms with Crippen LogP contribution < -0.4 is 0 Å². The van der Waals surface area contributed by atoms with E-state index in [1.807, 2.05) is 49.9 Å². The first-order valence-corrected chi connectivity index (χ1v) is 14.5. The van der Waals surface area contributed by atoms with Gasteiger partial charge in [-0.1, -0.05) is 48.5 Å². The fourth-order valence-corrected chi connectivity index (χ4v) is 7.83. The Hall–Kier alpha value is -3.55. The molecule has 4 aliphatic rings. The number of amides is 2. The third-order valence-corrected chi connectivity index (χ3v) is 9.20. The summed E-state index contributed by atoms with van der Waals surface area (Å²) in [6.45, 7) is 6.70. The van der Waals surface area contributed by atoms with Gasteiger partial charge in [-0.15, -0.1) is 0 Å². The molecular formula is C32H38N2O6. The zero-order valence-corrected chi connectivity index (χ0v) is 23.4. The van der Waals surface area contributed by atoms with Gasteiger partial charge in [-0.25, -0.2) is 9.59 Å². The molecule has 5 atom stereocenters. The predicted octanol–water partition coefficient (Wildman–Crippen LogP) is 5.75. The van der Waals surface area contributed by atoms with Crippen LogP contribution in [0, 0.1) is 17.8 Å². The molecule has 5 unspecified atom stereocenters. The molecule has 8 nitrogen and oxygen atoms in total. The van der Waals surface area contributed by atoms with Gasteiger partial charge in [0.25, 0.3) is 0 Å². The number of likely N-dealkylation sites (tertiary alicyclic amines) is 1. The van der Waals surface area contributed by atoms with Crippen molar-refractivity contribution in [1.29, 1.82) is 0 Å². The maximum Gasteiger partial charge on any atom is 0.410 e. The van der Waals surface area contributed by atoms with Crippen molar-refractivity contribution >= 4 is 18.2 Å². The van der Waals surface area contributed by atoms with Crippen LogP contribution >= 0.6 is 0 Å². The first-order chi connectivity index (χ1) is 19.1. The standard InChI is InChI=1S/C32H38N2O6/c1-32(2,3)40-31(38)34-17-20-15-19-16-25(20)29(34)28(19)33(14-8-13-27(35)36)30(37)39-18-26-23-11-6-4-9-21(23)22-10-5-7-12-24(22)26/h4-7,9-12,19-20,25-26,28-29H,8,13-18H2,1-3H3,(H,35,36). The fraction of sp³-hybridized carbons (Fsp3) is 0.531. The summed E-state index contributed by atoms with van der Waals surface area (Å²) in [5, 5.41) is 9.29. The summed E-state index contributed by atoms with van der Waals surface area (Å²) in [5.41, 5.74) is 4.00. The van der Waals surface area contributed by atoms with E-state index in [0.717, 1.165) is 35.1 Å². The number of hydrogen-bond acceptors (Lipinski definition) is 5. The lowest BCUT2D eigenvalue weighted by atomic mass is 9.85. The lowest BCUT2D eigenvalue weighted by Gasteiger charge is -2.40. The molecule has 0 aromatic heterocycles. The summed E-state index contributed by atoms with van der Waals surface area (Å²) >= 11 is 0. The highest BCUT2D eigenvalue weighted by Gasteiger charge is 2.63. The third-order valence-electron chi connectivity index (χ3n) is 9.20. The van der Waals surface area contributed by atoms with Crippen LogP contribution in [0.3, 0.4) is 0 Å².